The minimum absolute atomic E-state index is 0.0698. The van der Waals surface area contributed by atoms with Crippen molar-refractivity contribution >= 4 is 5.91 Å². The predicted molar refractivity (Wildman–Crippen MR) is 87.1 cm³/mol. The Bertz CT molecular complexity index is 418. The van der Waals surface area contributed by atoms with Crippen LogP contribution in [0.5, 0.6) is 0 Å². The summed E-state index contributed by atoms with van der Waals surface area (Å²) in [5.74, 6) is 2.33. The number of hydrogen-bond acceptors (Lipinski definition) is 4. The van der Waals surface area contributed by atoms with E-state index in [9.17, 15) is 4.79 Å². The molecule has 0 spiro atoms. The molecule has 1 aliphatic carbocycles. The number of ether oxygens (including phenoxy) is 2. The van der Waals surface area contributed by atoms with Gasteiger partial charge in [0, 0.05) is 32.7 Å². The molecule has 130 valence electrons. The summed E-state index contributed by atoms with van der Waals surface area (Å²) < 4.78 is 11.2. The monoisotopic (exact) mass is 322 g/mol. The Balaban J connectivity index is 1.37. The van der Waals surface area contributed by atoms with Gasteiger partial charge in [-0.05, 0) is 30.6 Å². The van der Waals surface area contributed by atoms with Gasteiger partial charge >= 0.3 is 0 Å². The summed E-state index contributed by atoms with van der Waals surface area (Å²) in [5.41, 5.74) is 0. The molecule has 3 heterocycles. The Kier molecular flexibility index (Phi) is 4.88. The van der Waals surface area contributed by atoms with E-state index in [1.54, 1.807) is 0 Å². The molecule has 3 aliphatic heterocycles. The van der Waals surface area contributed by atoms with Crippen molar-refractivity contribution in [3.05, 3.63) is 0 Å². The Labute approximate surface area is 139 Å². The Morgan fingerprint density at radius 3 is 2.57 bits per heavy atom. The second kappa shape index (κ2) is 7.08. The van der Waals surface area contributed by atoms with Crippen molar-refractivity contribution in [3.63, 3.8) is 0 Å². The van der Waals surface area contributed by atoms with Crippen molar-refractivity contribution in [2.75, 3.05) is 59.2 Å². The van der Waals surface area contributed by atoms with Crippen molar-refractivity contribution in [2.45, 2.75) is 25.7 Å². The molecule has 0 aromatic rings. The van der Waals surface area contributed by atoms with Gasteiger partial charge in [-0.2, -0.15) is 0 Å². The molecule has 0 unspecified atom stereocenters. The highest BCUT2D eigenvalue weighted by Crippen LogP contribution is 2.36. The second-order valence-corrected chi connectivity index (χ2v) is 7.87. The number of carbonyl (C=O) groups is 1. The molecule has 0 bridgehead atoms. The van der Waals surface area contributed by atoms with Crippen LogP contribution < -0.4 is 0 Å². The molecule has 5 nitrogen and oxygen atoms in total. The van der Waals surface area contributed by atoms with E-state index < -0.39 is 0 Å². The molecule has 1 saturated carbocycles. The fourth-order valence-corrected chi connectivity index (χ4v) is 5.07. The summed E-state index contributed by atoms with van der Waals surface area (Å²) in [6.45, 7) is 7.80. The second-order valence-electron chi connectivity index (χ2n) is 7.87. The number of nitrogens with zero attached hydrogens (tertiary/aromatic N) is 2. The number of morpholine rings is 1. The lowest BCUT2D eigenvalue weighted by Gasteiger charge is -2.37. The highest BCUT2D eigenvalue weighted by atomic mass is 16.5. The van der Waals surface area contributed by atoms with Crippen LogP contribution in [0, 0.1) is 23.7 Å². The zero-order chi connectivity index (χ0) is 15.6. The van der Waals surface area contributed by atoms with E-state index in [2.05, 4.69) is 4.90 Å². The van der Waals surface area contributed by atoms with Crippen LogP contribution >= 0.6 is 0 Å². The average molecular weight is 322 g/mol. The number of hydrogen-bond donors (Lipinski definition) is 0. The van der Waals surface area contributed by atoms with Gasteiger partial charge in [-0.1, -0.05) is 12.8 Å². The largest absolute Gasteiger partial charge is 0.380 e. The van der Waals surface area contributed by atoms with Gasteiger partial charge in [0.2, 0.25) is 5.91 Å². The maximum absolute atomic E-state index is 12.9. The van der Waals surface area contributed by atoms with Gasteiger partial charge in [0.15, 0.2) is 0 Å². The van der Waals surface area contributed by atoms with Gasteiger partial charge in [-0.15, -0.1) is 0 Å². The summed E-state index contributed by atoms with van der Waals surface area (Å²) in [5, 5.41) is 0. The summed E-state index contributed by atoms with van der Waals surface area (Å²) in [6, 6.07) is 0. The molecule has 0 radical (unpaired) electrons. The smallest absolute Gasteiger partial charge is 0.228 e. The maximum atomic E-state index is 12.9. The van der Waals surface area contributed by atoms with Crippen molar-refractivity contribution < 1.29 is 14.3 Å². The molecule has 4 rings (SSSR count). The van der Waals surface area contributed by atoms with Gasteiger partial charge in [-0.25, -0.2) is 0 Å². The van der Waals surface area contributed by atoms with E-state index in [4.69, 9.17) is 9.47 Å². The summed E-state index contributed by atoms with van der Waals surface area (Å²) >= 11 is 0. The zero-order valence-corrected chi connectivity index (χ0v) is 14.1. The third-order valence-electron chi connectivity index (χ3n) is 6.34. The third kappa shape index (κ3) is 3.42. The predicted octanol–water partition coefficient (Wildman–Crippen LogP) is 1.23. The zero-order valence-electron chi connectivity index (χ0n) is 14.1. The third-order valence-corrected chi connectivity index (χ3v) is 6.34. The number of rotatable bonds is 3. The first kappa shape index (κ1) is 15.9. The SMILES string of the molecule is O=C([C@@H]1COC[C@H]2CN(CC3CCCC3)C[C@H]21)N1CCOCC1. The molecule has 23 heavy (non-hydrogen) atoms. The van der Waals surface area contributed by atoms with E-state index >= 15 is 0 Å². The average Bonchev–Trinajstić information content (AvgIpc) is 3.24. The minimum atomic E-state index is 0.0698. The maximum Gasteiger partial charge on any atom is 0.228 e. The van der Waals surface area contributed by atoms with E-state index in [1.807, 2.05) is 4.90 Å². The van der Waals surface area contributed by atoms with E-state index in [-0.39, 0.29) is 5.92 Å². The summed E-state index contributed by atoms with van der Waals surface area (Å²) in [4.78, 5) is 17.5. The van der Waals surface area contributed by atoms with Crippen molar-refractivity contribution in [1.29, 1.82) is 0 Å². The molecular formula is C18H30N2O3. The van der Waals surface area contributed by atoms with Gasteiger partial charge in [0.05, 0.1) is 32.3 Å². The number of fused-ring (bicyclic) bond motifs is 1. The highest BCUT2D eigenvalue weighted by Gasteiger charge is 2.45. The van der Waals surface area contributed by atoms with Crippen LogP contribution in [0.25, 0.3) is 0 Å². The van der Waals surface area contributed by atoms with E-state index in [1.165, 1.54) is 32.2 Å². The molecule has 5 heteroatoms. The molecule has 3 atom stereocenters. The lowest BCUT2D eigenvalue weighted by atomic mass is 9.82. The fourth-order valence-electron chi connectivity index (χ4n) is 5.07. The highest BCUT2D eigenvalue weighted by molar-refractivity contribution is 5.79. The number of amides is 1. The van der Waals surface area contributed by atoms with Crippen molar-refractivity contribution in [1.82, 2.24) is 9.80 Å². The lowest BCUT2D eigenvalue weighted by Crippen LogP contribution is -2.49. The fraction of sp³-hybridized carbons (Fsp3) is 0.944. The summed E-state index contributed by atoms with van der Waals surface area (Å²) in [6.07, 6.45) is 5.62. The quantitative estimate of drug-likeness (QED) is 0.784. The molecule has 1 amide bonds. The minimum Gasteiger partial charge on any atom is -0.380 e. The molecular weight excluding hydrogens is 292 g/mol. The molecule has 4 aliphatic rings. The summed E-state index contributed by atoms with van der Waals surface area (Å²) in [7, 11) is 0. The van der Waals surface area contributed by atoms with Crippen molar-refractivity contribution in [2.24, 2.45) is 23.7 Å². The standard InChI is InChI=1S/C18H30N2O3/c21-18(20-5-7-22-8-6-20)17-13-23-12-15-10-19(11-16(15)17)9-14-3-1-2-4-14/h14-17H,1-13H2/t15-,16-,17-/m1/s1. The van der Waals surface area contributed by atoms with Gasteiger partial charge in [-0.3, -0.25) is 4.79 Å². The van der Waals surface area contributed by atoms with Crippen LogP contribution in [0.15, 0.2) is 0 Å². The van der Waals surface area contributed by atoms with Crippen molar-refractivity contribution in [3.8, 4) is 0 Å². The lowest BCUT2D eigenvalue weighted by molar-refractivity contribution is -0.148. The van der Waals surface area contributed by atoms with Crippen LogP contribution in [0.2, 0.25) is 0 Å². The Morgan fingerprint density at radius 1 is 1.00 bits per heavy atom. The molecule has 0 N–H and O–H groups in total. The number of carbonyl (C=O) groups excluding carboxylic acids is 1. The first-order valence-electron chi connectivity index (χ1n) is 9.48. The number of likely N-dealkylation sites (tertiary alicyclic amines) is 1. The van der Waals surface area contributed by atoms with Crippen LogP contribution in [-0.2, 0) is 14.3 Å². The van der Waals surface area contributed by atoms with Crippen LogP contribution in [-0.4, -0.2) is 74.9 Å². The normalized spacial score (nSPS) is 36.3. The van der Waals surface area contributed by atoms with Crippen LogP contribution in [0.4, 0.5) is 0 Å². The van der Waals surface area contributed by atoms with Crippen LogP contribution in [0.3, 0.4) is 0 Å². The van der Waals surface area contributed by atoms with E-state index in [0.29, 0.717) is 37.6 Å². The topological polar surface area (TPSA) is 42.0 Å². The Morgan fingerprint density at radius 2 is 1.78 bits per heavy atom. The first-order chi connectivity index (χ1) is 11.3. The van der Waals surface area contributed by atoms with Gasteiger partial charge in [0.25, 0.3) is 0 Å². The molecule has 4 fully saturated rings. The Hall–Kier alpha value is -0.650. The molecule has 0 aromatic heterocycles. The first-order valence-corrected chi connectivity index (χ1v) is 9.48. The molecule has 3 saturated heterocycles. The van der Waals surface area contributed by atoms with E-state index in [0.717, 1.165) is 38.7 Å². The van der Waals surface area contributed by atoms with Crippen LogP contribution in [0.1, 0.15) is 25.7 Å². The van der Waals surface area contributed by atoms with Gasteiger partial charge in [0.1, 0.15) is 0 Å². The van der Waals surface area contributed by atoms with Gasteiger partial charge < -0.3 is 19.3 Å². The molecule has 0 aromatic carbocycles.